The van der Waals surface area contributed by atoms with Crippen LogP contribution in [0, 0.1) is 35.5 Å². The average Bonchev–Trinajstić information content (AvgIpc) is 2.87. The van der Waals surface area contributed by atoms with Crippen molar-refractivity contribution in [2.75, 3.05) is 0 Å². The minimum absolute atomic E-state index is 0.114. The van der Waals surface area contributed by atoms with Gasteiger partial charge in [-0.3, -0.25) is 9.59 Å². The van der Waals surface area contributed by atoms with Gasteiger partial charge in [-0.05, 0) is 62.7 Å². The Morgan fingerprint density at radius 1 is 1.20 bits per heavy atom. The molecule has 0 spiro atoms. The van der Waals surface area contributed by atoms with E-state index in [9.17, 15) is 9.59 Å². The number of ether oxygens (including phenoxy) is 1. The highest BCUT2D eigenvalue weighted by atomic mass is 16.6. The molecular weight excluding hydrogens is 312 g/mol. The monoisotopic (exact) mass is 340 g/mol. The van der Waals surface area contributed by atoms with Crippen LogP contribution in [0.5, 0.6) is 0 Å². The fourth-order valence-corrected chi connectivity index (χ4v) is 6.73. The van der Waals surface area contributed by atoms with Gasteiger partial charge in [0.05, 0.1) is 0 Å². The highest BCUT2D eigenvalue weighted by molar-refractivity contribution is 5.82. The molecule has 0 radical (unpaired) electrons. The number of Topliss-reactive ketones (excluding diaryl/α,β-unsaturated/α-hetero) is 1. The molecule has 25 heavy (non-hydrogen) atoms. The normalized spacial score (nSPS) is 42.9. The molecule has 2 fully saturated rings. The first-order valence-corrected chi connectivity index (χ1v) is 9.80. The second-order valence-electron chi connectivity index (χ2n) is 8.82. The molecule has 0 aromatic heterocycles. The lowest BCUT2D eigenvalue weighted by molar-refractivity contribution is -0.166. The third-order valence-corrected chi connectivity index (χ3v) is 7.87. The van der Waals surface area contributed by atoms with Gasteiger partial charge in [-0.2, -0.15) is 0 Å². The SMILES string of the molecule is C#C[C@]1(OC(C)=O)CC[C@H]2C3CCC4=C(CCC(=O)C4)[C@H]3CCC21C. The fourth-order valence-electron chi connectivity index (χ4n) is 6.73. The van der Waals surface area contributed by atoms with E-state index in [-0.39, 0.29) is 11.4 Å². The Balaban J connectivity index is 1.66. The van der Waals surface area contributed by atoms with Crippen LogP contribution < -0.4 is 0 Å². The summed E-state index contributed by atoms with van der Waals surface area (Å²) in [5, 5.41) is 0. The molecule has 3 heteroatoms. The second kappa shape index (κ2) is 5.73. The standard InChI is InChI=1S/C22H28O3/c1-4-22(25-14(2)23)12-10-20-19-7-5-15-13-16(24)6-8-17(15)18(19)9-11-21(20,22)3/h1,18-20H,5-13H2,2-3H3/t18-,19?,20+,21?,22+/m1/s1. The van der Waals surface area contributed by atoms with E-state index in [0.717, 1.165) is 51.4 Å². The van der Waals surface area contributed by atoms with Gasteiger partial charge in [-0.1, -0.05) is 24.0 Å². The van der Waals surface area contributed by atoms with E-state index in [2.05, 4.69) is 12.8 Å². The minimum atomic E-state index is -0.730. The van der Waals surface area contributed by atoms with Crippen molar-refractivity contribution in [1.29, 1.82) is 0 Å². The minimum Gasteiger partial charge on any atom is -0.445 e. The van der Waals surface area contributed by atoms with Crippen LogP contribution in [0.3, 0.4) is 0 Å². The summed E-state index contributed by atoms with van der Waals surface area (Å²) in [6.45, 7) is 3.73. The Morgan fingerprint density at radius 2 is 2.00 bits per heavy atom. The van der Waals surface area contributed by atoms with Crippen LogP contribution >= 0.6 is 0 Å². The molecule has 3 nitrogen and oxygen atoms in total. The lowest BCUT2D eigenvalue weighted by Crippen LogP contribution is -2.52. The highest BCUT2D eigenvalue weighted by Crippen LogP contribution is 2.65. The van der Waals surface area contributed by atoms with E-state index in [1.54, 1.807) is 5.57 Å². The van der Waals surface area contributed by atoms with Gasteiger partial charge in [0.15, 0.2) is 5.60 Å². The molecule has 0 heterocycles. The number of carbonyl (C=O) groups is 2. The number of terminal acetylenes is 1. The van der Waals surface area contributed by atoms with E-state index in [4.69, 9.17) is 11.2 Å². The van der Waals surface area contributed by atoms with Gasteiger partial charge in [-0.25, -0.2) is 0 Å². The Labute approximate surface area is 150 Å². The Morgan fingerprint density at radius 3 is 2.72 bits per heavy atom. The molecule has 0 aromatic carbocycles. The number of hydrogen-bond donors (Lipinski definition) is 0. The van der Waals surface area contributed by atoms with Crippen molar-refractivity contribution < 1.29 is 14.3 Å². The van der Waals surface area contributed by atoms with Gasteiger partial charge in [0.2, 0.25) is 0 Å². The quantitative estimate of drug-likeness (QED) is 0.408. The largest absolute Gasteiger partial charge is 0.445 e. The molecular formula is C22H28O3. The fraction of sp³-hybridized carbons (Fsp3) is 0.727. The molecule has 4 aliphatic rings. The number of carbonyl (C=O) groups excluding carboxylic acids is 2. The average molecular weight is 340 g/mol. The summed E-state index contributed by atoms with van der Waals surface area (Å²) in [5.41, 5.74) is 2.20. The maximum atomic E-state index is 11.8. The van der Waals surface area contributed by atoms with Crippen LogP contribution in [-0.2, 0) is 14.3 Å². The summed E-state index contributed by atoms with van der Waals surface area (Å²) in [7, 11) is 0. The first-order valence-electron chi connectivity index (χ1n) is 9.80. The second-order valence-corrected chi connectivity index (χ2v) is 8.82. The lowest BCUT2D eigenvalue weighted by atomic mass is 9.52. The number of fused-ring (bicyclic) bond motifs is 4. The summed E-state index contributed by atoms with van der Waals surface area (Å²) in [6.07, 6.45) is 14.5. The van der Waals surface area contributed by atoms with Crippen LogP contribution in [0.25, 0.3) is 0 Å². The Hall–Kier alpha value is -1.56. The summed E-state index contributed by atoms with van der Waals surface area (Å²) in [6, 6.07) is 0. The molecule has 0 amide bonds. The summed E-state index contributed by atoms with van der Waals surface area (Å²) < 4.78 is 5.79. The number of ketones is 1. The van der Waals surface area contributed by atoms with Crippen LogP contribution in [0.4, 0.5) is 0 Å². The third-order valence-electron chi connectivity index (χ3n) is 7.87. The van der Waals surface area contributed by atoms with Crippen molar-refractivity contribution in [2.24, 2.45) is 23.2 Å². The number of hydrogen-bond acceptors (Lipinski definition) is 3. The molecule has 5 atom stereocenters. The first-order chi connectivity index (χ1) is 11.9. The van der Waals surface area contributed by atoms with Crippen molar-refractivity contribution in [3.63, 3.8) is 0 Å². The van der Waals surface area contributed by atoms with Crippen LogP contribution in [0.2, 0.25) is 0 Å². The predicted molar refractivity (Wildman–Crippen MR) is 95.5 cm³/mol. The topological polar surface area (TPSA) is 43.4 Å². The van der Waals surface area contributed by atoms with Gasteiger partial charge >= 0.3 is 5.97 Å². The molecule has 2 saturated carbocycles. The van der Waals surface area contributed by atoms with E-state index in [1.807, 2.05) is 0 Å². The van der Waals surface area contributed by atoms with E-state index >= 15 is 0 Å². The molecule has 4 aliphatic carbocycles. The molecule has 134 valence electrons. The number of allylic oxidation sites excluding steroid dienone is 2. The van der Waals surface area contributed by atoms with Crippen LogP contribution in [-0.4, -0.2) is 17.4 Å². The van der Waals surface area contributed by atoms with Crippen molar-refractivity contribution in [3.8, 4) is 12.3 Å². The van der Waals surface area contributed by atoms with Crippen LogP contribution in [0.15, 0.2) is 11.1 Å². The van der Waals surface area contributed by atoms with Gasteiger partial charge in [0, 0.05) is 25.2 Å². The van der Waals surface area contributed by atoms with Gasteiger partial charge in [0.25, 0.3) is 0 Å². The Kier molecular flexibility index (Phi) is 3.87. The zero-order valence-electron chi connectivity index (χ0n) is 15.4. The van der Waals surface area contributed by atoms with Crippen molar-refractivity contribution in [3.05, 3.63) is 11.1 Å². The number of esters is 1. The molecule has 0 aliphatic heterocycles. The summed E-state index contributed by atoms with van der Waals surface area (Å²) in [5.74, 6) is 4.84. The maximum absolute atomic E-state index is 11.8. The summed E-state index contributed by atoms with van der Waals surface area (Å²) >= 11 is 0. The zero-order chi connectivity index (χ0) is 17.8. The smallest absolute Gasteiger partial charge is 0.304 e. The molecule has 0 N–H and O–H groups in total. The molecule has 2 unspecified atom stereocenters. The summed E-state index contributed by atoms with van der Waals surface area (Å²) in [4.78, 5) is 23.6. The van der Waals surface area contributed by atoms with Crippen molar-refractivity contribution in [1.82, 2.24) is 0 Å². The van der Waals surface area contributed by atoms with Gasteiger partial charge in [0.1, 0.15) is 5.78 Å². The molecule has 0 aromatic rings. The molecule has 0 bridgehead atoms. The van der Waals surface area contributed by atoms with Crippen molar-refractivity contribution >= 4 is 11.8 Å². The van der Waals surface area contributed by atoms with Gasteiger partial charge < -0.3 is 4.74 Å². The van der Waals surface area contributed by atoms with E-state index in [0.29, 0.717) is 30.0 Å². The highest BCUT2D eigenvalue weighted by Gasteiger charge is 2.63. The zero-order valence-corrected chi connectivity index (χ0v) is 15.4. The van der Waals surface area contributed by atoms with E-state index < -0.39 is 5.60 Å². The third kappa shape index (κ3) is 2.33. The maximum Gasteiger partial charge on any atom is 0.304 e. The predicted octanol–water partition coefficient (Wildman–Crippen LogP) is 4.21. The van der Waals surface area contributed by atoms with Crippen LogP contribution in [0.1, 0.15) is 71.6 Å². The molecule has 4 rings (SSSR count). The first kappa shape index (κ1) is 16.9. The van der Waals surface area contributed by atoms with Crippen molar-refractivity contribution in [2.45, 2.75) is 77.2 Å². The number of rotatable bonds is 1. The molecule has 0 saturated heterocycles. The van der Waals surface area contributed by atoms with Gasteiger partial charge in [-0.15, -0.1) is 6.42 Å². The lowest BCUT2D eigenvalue weighted by Gasteiger charge is -2.53. The van der Waals surface area contributed by atoms with E-state index in [1.165, 1.54) is 12.5 Å². The Bertz CT molecular complexity index is 697.